The third kappa shape index (κ3) is 6.02. The lowest BCUT2D eigenvalue weighted by atomic mass is 10.1. The molecule has 5 rings (SSSR count). The van der Waals surface area contributed by atoms with E-state index in [1.807, 2.05) is 24.3 Å². The first kappa shape index (κ1) is 28.0. The van der Waals surface area contributed by atoms with Gasteiger partial charge in [-0.3, -0.25) is 14.8 Å². The van der Waals surface area contributed by atoms with Crippen LogP contribution < -0.4 is 25.6 Å². The molecule has 5 aromatic rings. The largest absolute Gasteiger partial charge is 0.545 e. The molecule has 0 unspecified atom stereocenters. The van der Waals surface area contributed by atoms with Crippen LogP contribution in [0.5, 0.6) is 17.2 Å². The van der Waals surface area contributed by atoms with E-state index in [1.54, 1.807) is 6.07 Å². The number of carboxylic acid groups (broad SMARTS) is 1. The maximum atomic E-state index is 13.1. The number of hydrogen-bond acceptors (Lipinski definition) is 7. The molecule has 0 atom stereocenters. The molecule has 0 saturated heterocycles. The van der Waals surface area contributed by atoms with Crippen molar-refractivity contribution in [2.24, 2.45) is 0 Å². The summed E-state index contributed by atoms with van der Waals surface area (Å²) in [4.78, 5) is 34.1. The second-order valence-electron chi connectivity index (χ2n) is 7.80. The quantitative estimate of drug-likeness (QED) is 0.137. The highest BCUT2D eigenvalue weighted by Crippen LogP contribution is 2.42. The van der Waals surface area contributed by atoms with Crippen molar-refractivity contribution in [3.05, 3.63) is 119 Å². The van der Waals surface area contributed by atoms with Gasteiger partial charge in [0.05, 0.1) is 16.9 Å². The van der Waals surface area contributed by atoms with Crippen molar-refractivity contribution in [3.8, 4) is 17.2 Å². The van der Waals surface area contributed by atoms with E-state index in [0.717, 1.165) is 10.3 Å². The lowest BCUT2D eigenvalue weighted by Gasteiger charge is -2.09. The van der Waals surface area contributed by atoms with Gasteiger partial charge in [0, 0.05) is 42.7 Å². The summed E-state index contributed by atoms with van der Waals surface area (Å²) < 4.78 is 53.9. The van der Waals surface area contributed by atoms with E-state index in [0.29, 0.717) is 5.58 Å². The molecule has 0 radical (unpaired) electrons. The molecule has 0 saturated carbocycles. The monoisotopic (exact) mass is 572 g/mol. The van der Waals surface area contributed by atoms with E-state index in [4.69, 9.17) is 4.42 Å². The number of hydrogen-bond donors (Lipinski definition) is 0. The van der Waals surface area contributed by atoms with Gasteiger partial charge < -0.3 is 14.3 Å². The number of carbonyl (C=O) groups is 1. The molecule has 0 aliphatic heterocycles. The Bertz CT molecular complexity index is 1640. The maximum Gasteiger partial charge on any atom is 0.336 e. The van der Waals surface area contributed by atoms with Crippen LogP contribution >= 0.6 is 0 Å². The molecule has 1 heterocycles. The minimum absolute atomic E-state index is 0.197. The first-order valence-electron chi connectivity index (χ1n) is 11.2. The number of halogens is 4. The SMILES string of the molecule is O=C([O-])c1cc(OF)c(OF)c(OF)c1F.O=c1ccc2ccc([S+](c3ccccc3)c3ccccc3)cc2o1. The highest BCUT2D eigenvalue weighted by atomic mass is 32.2. The van der Waals surface area contributed by atoms with E-state index < -0.39 is 34.6 Å². The molecule has 0 N–H and O–H groups in total. The summed E-state index contributed by atoms with van der Waals surface area (Å²) in [6.07, 6.45) is 0. The second-order valence-corrected chi connectivity index (χ2v) is 9.83. The topological polar surface area (TPSA) is 98.0 Å². The van der Waals surface area contributed by atoms with Gasteiger partial charge in [-0.05, 0) is 42.5 Å². The number of fused-ring (bicyclic) bond motifs is 1. The zero-order valence-electron chi connectivity index (χ0n) is 20.0. The van der Waals surface area contributed by atoms with Crippen LogP contribution in [0.2, 0.25) is 0 Å². The fourth-order valence-corrected chi connectivity index (χ4v) is 5.74. The average molecular weight is 572 g/mol. The molecule has 204 valence electrons. The average Bonchev–Trinajstić information content (AvgIpc) is 2.98. The highest BCUT2D eigenvalue weighted by Gasteiger charge is 2.29. The maximum absolute atomic E-state index is 13.1. The Balaban J connectivity index is 0.000000202. The van der Waals surface area contributed by atoms with Crippen LogP contribution in [0.3, 0.4) is 0 Å². The summed E-state index contributed by atoms with van der Waals surface area (Å²) in [5.74, 6) is -8.21. The van der Waals surface area contributed by atoms with Crippen LogP contribution in [-0.4, -0.2) is 5.97 Å². The molecule has 0 fully saturated rings. The van der Waals surface area contributed by atoms with Gasteiger partial charge in [0.2, 0.25) is 5.75 Å². The molecular weight excluding hydrogens is 556 g/mol. The Hall–Kier alpha value is -4.97. The number of benzene rings is 4. The summed E-state index contributed by atoms with van der Waals surface area (Å²) in [7, 11) is -0.239. The molecule has 0 aliphatic carbocycles. The van der Waals surface area contributed by atoms with Gasteiger partial charge in [-0.1, -0.05) is 36.4 Å². The number of rotatable bonds is 7. The summed E-state index contributed by atoms with van der Waals surface area (Å²) in [6.45, 7) is 0. The zero-order valence-corrected chi connectivity index (χ0v) is 20.8. The molecular formula is C28H16F4O7S. The van der Waals surface area contributed by atoms with Crippen molar-refractivity contribution in [1.29, 1.82) is 0 Å². The van der Waals surface area contributed by atoms with Crippen LogP contribution in [0.1, 0.15) is 10.4 Å². The molecule has 0 aliphatic rings. The first-order chi connectivity index (χ1) is 19.4. The van der Waals surface area contributed by atoms with Gasteiger partial charge in [-0.25, -0.2) is 9.18 Å². The molecule has 4 aromatic carbocycles. The summed E-state index contributed by atoms with van der Waals surface area (Å²) >= 11 is 0. The Morgan fingerprint density at radius 2 is 1.30 bits per heavy atom. The van der Waals surface area contributed by atoms with E-state index in [9.17, 15) is 32.7 Å². The van der Waals surface area contributed by atoms with Crippen molar-refractivity contribution < 1.29 is 47.1 Å². The number of carbonyl (C=O) groups excluding carboxylic acids is 1. The van der Waals surface area contributed by atoms with Crippen LogP contribution in [0.25, 0.3) is 11.0 Å². The van der Waals surface area contributed by atoms with Gasteiger partial charge in [0.1, 0.15) is 5.58 Å². The third-order valence-electron chi connectivity index (χ3n) is 5.39. The molecule has 0 spiro atoms. The molecule has 7 nitrogen and oxygen atoms in total. The Labute approximate surface area is 225 Å². The van der Waals surface area contributed by atoms with Gasteiger partial charge in [-0.2, -0.15) is 0 Å². The van der Waals surface area contributed by atoms with Gasteiger partial charge >= 0.3 is 5.63 Å². The van der Waals surface area contributed by atoms with Crippen LogP contribution in [0.15, 0.2) is 121 Å². The van der Waals surface area contributed by atoms with Crippen molar-refractivity contribution in [2.75, 3.05) is 0 Å². The summed E-state index contributed by atoms with van der Waals surface area (Å²) in [6, 6.07) is 30.4. The van der Waals surface area contributed by atoms with E-state index >= 15 is 0 Å². The minimum Gasteiger partial charge on any atom is -0.545 e. The second kappa shape index (κ2) is 12.7. The standard InChI is InChI=1S/C21H15O2S.C7H2F4O5/c22-21-14-12-16-11-13-19(15-20(16)23-21)24(17-7-3-1-4-8-17)18-9-5-2-6-10-18;8-4-2(7(12)13)1-3(14-9)5(15-10)6(4)16-11/h1-15H;1H,(H,12,13)/q+1;/p-1. The predicted molar refractivity (Wildman–Crippen MR) is 133 cm³/mol. The number of aromatic carboxylic acids is 1. The van der Waals surface area contributed by atoms with Crippen LogP contribution in [-0.2, 0) is 10.9 Å². The minimum atomic E-state index is -2.11. The fraction of sp³-hybridized carbons (Fsp3) is 0. The van der Waals surface area contributed by atoms with E-state index in [2.05, 4.69) is 69.4 Å². The summed E-state index contributed by atoms with van der Waals surface area (Å²) in [5.41, 5.74) is -0.982. The Morgan fingerprint density at radius 1 is 0.725 bits per heavy atom. The van der Waals surface area contributed by atoms with Crippen molar-refractivity contribution in [3.63, 3.8) is 0 Å². The normalized spacial score (nSPS) is 10.5. The number of carboxylic acids is 1. The molecule has 0 amide bonds. The lowest BCUT2D eigenvalue weighted by molar-refractivity contribution is -0.255. The summed E-state index contributed by atoms with van der Waals surface area (Å²) in [5, 5.41) is 11.2. The van der Waals surface area contributed by atoms with Crippen molar-refractivity contribution in [1.82, 2.24) is 0 Å². The fourth-order valence-electron chi connectivity index (χ4n) is 3.63. The molecule has 0 bridgehead atoms. The van der Waals surface area contributed by atoms with Gasteiger partial charge in [0.15, 0.2) is 20.5 Å². The highest BCUT2D eigenvalue weighted by molar-refractivity contribution is 7.97. The Kier molecular flexibility index (Phi) is 8.92. The first-order valence-corrected chi connectivity index (χ1v) is 12.4. The zero-order chi connectivity index (χ0) is 28.6. The van der Waals surface area contributed by atoms with Crippen LogP contribution in [0.4, 0.5) is 18.0 Å². The van der Waals surface area contributed by atoms with Crippen LogP contribution in [0, 0.1) is 5.82 Å². The molecule has 40 heavy (non-hydrogen) atoms. The van der Waals surface area contributed by atoms with E-state index in [-0.39, 0.29) is 22.6 Å². The van der Waals surface area contributed by atoms with E-state index in [1.165, 1.54) is 15.9 Å². The predicted octanol–water partition coefficient (Wildman–Crippen LogP) is 5.87. The van der Waals surface area contributed by atoms with Gasteiger partial charge in [-0.15, -0.1) is 0 Å². The molecule has 1 aromatic heterocycles. The molecule has 12 heteroatoms. The third-order valence-corrected chi connectivity index (χ3v) is 7.60. The van der Waals surface area contributed by atoms with Gasteiger partial charge in [0.25, 0.3) is 11.5 Å². The van der Waals surface area contributed by atoms with Crippen molar-refractivity contribution in [2.45, 2.75) is 14.7 Å². The van der Waals surface area contributed by atoms with Crippen molar-refractivity contribution >= 4 is 27.8 Å². The Morgan fingerprint density at radius 3 is 1.82 bits per heavy atom. The smallest absolute Gasteiger partial charge is 0.336 e. The lowest BCUT2D eigenvalue weighted by Crippen LogP contribution is -2.23.